The summed E-state index contributed by atoms with van der Waals surface area (Å²) in [6, 6.07) is 11.3. The number of carboxylic acid groups (broad SMARTS) is 1. The highest BCUT2D eigenvalue weighted by Gasteiger charge is 2.18. The van der Waals surface area contributed by atoms with E-state index in [9.17, 15) is 15.0 Å². The van der Waals surface area contributed by atoms with Crippen LogP contribution in [0, 0.1) is 0 Å². The van der Waals surface area contributed by atoms with Crippen LogP contribution in [0.5, 0.6) is 5.75 Å². The Labute approximate surface area is 178 Å². The van der Waals surface area contributed by atoms with Gasteiger partial charge in [0, 0.05) is 35.8 Å². The van der Waals surface area contributed by atoms with Crippen molar-refractivity contribution in [2.75, 3.05) is 37.8 Å². The van der Waals surface area contributed by atoms with Gasteiger partial charge in [0.15, 0.2) is 5.43 Å². The minimum Gasteiger partial charge on any atom is -0.492 e. The van der Waals surface area contributed by atoms with E-state index in [1.165, 1.54) is 11.3 Å². The predicted molar refractivity (Wildman–Crippen MR) is 121 cm³/mol. The van der Waals surface area contributed by atoms with Gasteiger partial charge in [0.2, 0.25) is 0 Å². The number of anilines is 1. The molecule has 0 bridgehead atoms. The molecule has 1 heterocycles. The van der Waals surface area contributed by atoms with E-state index in [0.29, 0.717) is 36.2 Å². The predicted octanol–water partition coefficient (Wildman–Crippen LogP) is 3.09. The smallest absolute Gasteiger partial charge is 0.300 e. The molecule has 0 spiro atoms. The van der Waals surface area contributed by atoms with Crippen molar-refractivity contribution in [3.63, 3.8) is 0 Å². The number of aliphatic carboxylic acids is 1. The van der Waals surface area contributed by atoms with Crippen LogP contribution in [0.15, 0.2) is 41.2 Å². The molecule has 0 atom stereocenters. The van der Waals surface area contributed by atoms with Gasteiger partial charge in [0.25, 0.3) is 5.97 Å². The molecule has 3 N–H and O–H groups in total. The van der Waals surface area contributed by atoms with Crippen molar-refractivity contribution in [1.82, 2.24) is 0 Å². The summed E-state index contributed by atoms with van der Waals surface area (Å²) in [5.74, 6) is -0.133. The largest absolute Gasteiger partial charge is 0.492 e. The molecular formula is C22H27NO6S. The van der Waals surface area contributed by atoms with Gasteiger partial charge in [-0.3, -0.25) is 9.59 Å². The Morgan fingerprint density at radius 2 is 1.73 bits per heavy atom. The first kappa shape index (κ1) is 23.6. The highest BCUT2D eigenvalue weighted by atomic mass is 32.1. The van der Waals surface area contributed by atoms with Crippen molar-refractivity contribution in [3.05, 3.63) is 46.6 Å². The molecule has 3 rings (SSSR count). The fraction of sp³-hybridized carbons (Fsp3) is 0.364. The molecule has 0 radical (unpaired) electrons. The minimum absolute atomic E-state index is 0.0489. The Bertz CT molecular complexity index is 1040. The molecule has 3 aromatic rings. The molecule has 8 heteroatoms. The second-order valence-electron chi connectivity index (χ2n) is 6.52. The maximum absolute atomic E-state index is 13.2. The summed E-state index contributed by atoms with van der Waals surface area (Å²) in [5.41, 5.74) is 0.672. The molecule has 0 fully saturated rings. The van der Waals surface area contributed by atoms with Gasteiger partial charge in [-0.1, -0.05) is 19.1 Å². The Kier molecular flexibility index (Phi) is 9.04. The second kappa shape index (κ2) is 11.5. The van der Waals surface area contributed by atoms with Gasteiger partial charge in [-0.25, -0.2) is 0 Å². The third kappa shape index (κ3) is 5.69. The first-order chi connectivity index (χ1) is 14.4. The highest BCUT2D eigenvalue weighted by molar-refractivity contribution is 7.25. The molecule has 0 saturated heterocycles. The lowest BCUT2D eigenvalue weighted by Crippen LogP contribution is -2.30. The molecule has 1 aromatic heterocycles. The summed E-state index contributed by atoms with van der Waals surface area (Å²) in [5, 5.41) is 27.4. The lowest BCUT2D eigenvalue weighted by atomic mass is 10.1. The van der Waals surface area contributed by atoms with Crippen molar-refractivity contribution < 1.29 is 24.9 Å². The highest BCUT2D eigenvalue weighted by Crippen LogP contribution is 2.37. The topological polar surface area (TPSA) is 107 Å². The van der Waals surface area contributed by atoms with Gasteiger partial charge >= 0.3 is 0 Å². The van der Waals surface area contributed by atoms with Crippen LogP contribution in [0.4, 0.5) is 5.69 Å². The van der Waals surface area contributed by atoms with E-state index in [0.717, 1.165) is 28.4 Å². The zero-order chi connectivity index (χ0) is 22.1. The number of aliphatic hydroxyl groups is 2. The van der Waals surface area contributed by atoms with Gasteiger partial charge in [0.1, 0.15) is 5.75 Å². The van der Waals surface area contributed by atoms with Gasteiger partial charge in [-0.15, -0.1) is 11.3 Å². The molecule has 0 aliphatic heterocycles. The molecule has 0 aliphatic rings. The van der Waals surface area contributed by atoms with Crippen LogP contribution in [0.3, 0.4) is 0 Å². The van der Waals surface area contributed by atoms with E-state index >= 15 is 0 Å². The number of ether oxygens (including phenoxy) is 1. The Hall–Kier alpha value is -2.68. The standard InChI is InChI=1S/C20H23NO4S.C2H4O2/c1-2-13-25-16-8-7-15(21(9-11-22)10-12-23)18-19(24)14-5-3-4-6-17(14)26-20(16)18;1-2(3)4/h3-8,22-23H,2,9-13H2,1H3;1H3,(H,3,4). The Balaban J connectivity index is 0.000000735. The van der Waals surface area contributed by atoms with Gasteiger partial charge < -0.3 is 25.0 Å². The molecule has 0 saturated carbocycles. The third-order valence-corrected chi connectivity index (χ3v) is 5.40. The fourth-order valence-corrected chi connectivity index (χ4v) is 4.21. The summed E-state index contributed by atoms with van der Waals surface area (Å²) in [4.78, 5) is 24.1. The Morgan fingerprint density at radius 1 is 1.10 bits per heavy atom. The summed E-state index contributed by atoms with van der Waals surface area (Å²) < 4.78 is 7.60. The third-order valence-electron chi connectivity index (χ3n) is 4.21. The quantitative estimate of drug-likeness (QED) is 0.469. The number of benzene rings is 2. The average molecular weight is 434 g/mol. The maximum Gasteiger partial charge on any atom is 0.300 e. The zero-order valence-electron chi connectivity index (χ0n) is 17.1. The summed E-state index contributed by atoms with van der Waals surface area (Å²) in [6.07, 6.45) is 0.882. The number of hydrogen-bond acceptors (Lipinski definition) is 7. The first-order valence-corrected chi connectivity index (χ1v) is 10.5. The van der Waals surface area contributed by atoms with Crippen LogP contribution in [0.1, 0.15) is 20.3 Å². The van der Waals surface area contributed by atoms with Crippen LogP contribution in [-0.2, 0) is 4.79 Å². The molecule has 7 nitrogen and oxygen atoms in total. The molecule has 2 aromatic carbocycles. The van der Waals surface area contributed by atoms with E-state index in [-0.39, 0.29) is 18.6 Å². The number of carboxylic acids is 1. The molecule has 30 heavy (non-hydrogen) atoms. The zero-order valence-corrected chi connectivity index (χ0v) is 17.9. The summed E-state index contributed by atoms with van der Waals surface area (Å²) in [7, 11) is 0. The number of carbonyl (C=O) groups is 1. The molecule has 162 valence electrons. The van der Waals surface area contributed by atoms with Crippen molar-refractivity contribution in [3.8, 4) is 5.75 Å². The normalized spacial score (nSPS) is 10.5. The number of rotatable bonds is 8. The number of fused-ring (bicyclic) bond motifs is 2. The van der Waals surface area contributed by atoms with E-state index in [4.69, 9.17) is 14.6 Å². The van der Waals surface area contributed by atoms with Gasteiger partial charge in [-0.05, 0) is 30.7 Å². The van der Waals surface area contributed by atoms with Crippen LogP contribution in [0.25, 0.3) is 20.2 Å². The maximum atomic E-state index is 13.2. The van der Waals surface area contributed by atoms with Gasteiger partial charge in [0.05, 0.1) is 29.9 Å². The average Bonchev–Trinajstić information content (AvgIpc) is 2.72. The Morgan fingerprint density at radius 3 is 2.33 bits per heavy atom. The van der Waals surface area contributed by atoms with E-state index < -0.39 is 5.97 Å². The summed E-state index contributed by atoms with van der Waals surface area (Å²) in [6.45, 7) is 4.29. The number of nitrogens with zero attached hydrogens (tertiary/aromatic N) is 1. The lowest BCUT2D eigenvalue weighted by molar-refractivity contribution is -0.134. The van der Waals surface area contributed by atoms with E-state index in [2.05, 4.69) is 0 Å². The van der Waals surface area contributed by atoms with Crippen molar-refractivity contribution in [2.45, 2.75) is 20.3 Å². The fourth-order valence-electron chi connectivity index (χ4n) is 3.05. The number of hydrogen-bond donors (Lipinski definition) is 3. The van der Waals surface area contributed by atoms with Crippen molar-refractivity contribution in [1.29, 1.82) is 0 Å². The molecular weight excluding hydrogens is 406 g/mol. The SMILES string of the molecule is CC(=O)O.CCCOc1ccc(N(CCO)CCO)c2c(=O)c3ccccc3sc12. The lowest BCUT2D eigenvalue weighted by Gasteiger charge is -2.25. The van der Waals surface area contributed by atoms with Crippen molar-refractivity contribution >= 4 is 43.2 Å². The summed E-state index contributed by atoms with van der Waals surface area (Å²) >= 11 is 1.53. The van der Waals surface area contributed by atoms with Crippen LogP contribution < -0.4 is 15.1 Å². The van der Waals surface area contributed by atoms with Crippen LogP contribution >= 0.6 is 11.3 Å². The molecule has 0 unspecified atom stereocenters. The molecule has 0 amide bonds. The monoisotopic (exact) mass is 433 g/mol. The van der Waals surface area contributed by atoms with Gasteiger partial charge in [-0.2, -0.15) is 0 Å². The van der Waals surface area contributed by atoms with Crippen LogP contribution in [0.2, 0.25) is 0 Å². The van der Waals surface area contributed by atoms with E-state index in [1.54, 1.807) is 0 Å². The van der Waals surface area contributed by atoms with Crippen molar-refractivity contribution in [2.24, 2.45) is 0 Å². The van der Waals surface area contributed by atoms with Crippen LogP contribution in [-0.4, -0.2) is 54.2 Å². The molecule has 0 aliphatic carbocycles. The second-order valence-corrected chi connectivity index (χ2v) is 7.57. The van der Waals surface area contributed by atoms with E-state index in [1.807, 2.05) is 48.2 Å². The first-order valence-electron chi connectivity index (χ1n) is 9.72. The minimum atomic E-state index is -0.833. The number of aliphatic hydroxyl groups excluding tert-OH is 2.